The third-order valence-corrected chi connectivity index (χ3v) is 8.20. The van der Waals surface area contributed by atoms with Gasteiger partial charge in [-0.25, -0.2) is 0 Å². The van der Waals surface area contributed by atoms with Crippen LogP contribution in [0.1, 0.15) is 13.8 Å². The Balaban J connectivity index is 1.89. The predicted molar refractivity (Wildman–Crippen MR) is 146 cm³/mol. The van der Waals surface area contributed by atoms with Crippen molar-refractivity contribution in [1.82, 2.24) is 5.32 Å². The second kappa shape index (κ2) is 17.6. The summed E-state index contributed by atoms with van der Waals surface area (Å²) in [5, 5.41) is 134. The molecule has 3 aliphatic heterocycles. The van der Waals surface area contributed by atoms with Crippen LogP contribution in [0, 0.1) is 0 Å². The van der Waals surface area contributed by atoms with Crippen LogP contribution in [0.3, 0.4) is 0 Å². The number of hydrogen-bond acceptors (Lipinski definition) is 20. The molecular weight excluding hydrogens is 646 g/mol. The number of aliphatic hydroxyl groups excluding tert-OH is 13. The molecule has 0 bridgehead atoms. The molecule has 0 saturated carbocycles. The van der Waals surface area contributed by atoms with Crippen LogP contribution >= 0.6 is 0 Å². The van der Waals surface area contributed by atoms with Crippen molar-refractivity contribution in [3.8, 4) is 0 Å². The van der Waals surface area contributed by atoms with Gasteiger partial charge in [-0.15, -0.1) is 0 Å². The third kappa shape index (κ3) is 9.29. The van der Waals surface area contributed by atoms with Gasteiger partial charge in [-0.2, -0.15) is 0 Å². The van der Waals surface area contributed by atoms with Gasteiger partial charge in [0.05, 0.1) is 32.5 Å². The lowest BCUT2D eigenvalue weighted by molar-refractivity contribution is -0.381. The molecule has 3 heterocycles. The van der Waals surface area contributed by atoms with Crippen molar-refractivity contribution in [2.45, 2.75) is 130 Å². The van der Waals surface area contributed by atoms with Crippen LogP contribution in [0.4, 0.5) is 0 Å². The third-order valence-electron chi connectivity index (χ3n) is 8.20. The van der Waals surface area contributed by atoms with Gasteiger partial charge in [0.25, 0.3) is 0 Å². The Morgan fingerprint density at radius 3 is 1.81 bits per heavy atom. The molecule has 0 aromatic rings. The van der Waals surface area contributed by atoms with Crippen molar-refractivity contribution in [3.05, 3.63) is 0 Å². The standard InChI is InChI=1S/C26H47NO20/c1-7-14(34)19(39)21(41)25(43-7)47-23-20(40)17(37)11(4-29)45-26(23)46-22-13(27-8(2)31)24(44-12(5-30)18(22)38)42-6-10(33)16(36)15(35)9(32)3-28/h7,9-26,28-30,32-41H,3-6H2,1-2H3,(H,27,31)/t7-,9-,10+,11+,12+,13+,14+,15+,16-,17-,18+,19+,20-,21-,22+,23+,24+,25-,26-/m0/s1. The van der Waals surface area contributed by atoms with Crippen LogP contribution in [-0.4, -0.2) is 215 Å². The van der Waals surface area contributed by atoms with Crippen molar-refractivity contribution < 1.29 is 99.6 Å². The lowest BCUT2D eigenvalue weighted by atomic mass is 9.95. The average Bonchev–Trinajstić information content (AvgIpc) is 3.04. The molecule has 47 heavy (non-hydrogen) atoms. The SMILES string of the molecule is CC(=O)N[C@H]1[C@H](OC[C@@H](O)[C@H](O)[C@H](O)[C@@H](O)CO)O[C@H](CO)[C@@H](O)[C@@H]1O[C@@H]1O[C@H](CO)[C@H](O)[C@H](O)[C@H]1O[C@@H]1O[C@@H](C)[C@@H](O)[C@@H](O)[C@@H]1O. The second-order valence-corrected chi connectivity index (χ2v) is 11.7. The molecule has 3 aliphatic rings. The maximum absolute atomic E-state index is 12.2. The number of rotatable bonds is 14. The first-order valence-electron chi connectivity index (χ1n) is 14.9. The number of aliphatic hydroxyl groups is 13. The quantitative estimate of drug-likeness (QED) is 0.0803. The summed E-state index contributed by atoms with van der Waals surface area (Å²) in [6.45, 7) is -1.09. The lowest BCUT2D eigenvalue weighted by Crippen LogP contribution is -2.69. The van der Waals surface area contributed by atoms with E-state index in [0.717, 1.165) is 6.92 Å². The number of carbonyl (C=O) groups excluding carboxylic acids is 1. The first-order chi connectivity index (χ1) is 22.1. The Morgan fingerprint density at radius 1 is 0.681 bits per heavy atom. The summed E-state index contributed by atoms with van der Waals surface area (Å²) in [5.74, 6) is -0.737. The highest BCUT2D eigenvalue weighted by Crippen LogP contribution is 2.33. The second-order valence-electron chi connectivity index (χ2n) is 11.7. The van der Waals surface area contributed by atoms with E-state index in [1.54, 1.807) is 0 Å². The summed E-state index contributed by atoms with van der Waals surface area (Å²) in [6.07, 6.45) is -31.3. The van der Waals surface area contributed by atoms with E-state index in [-0.39, 0.29) is 0 Å². The van der Waals surface area contributed by atoms with E-state index < -0.39 is 149 Å². The van der Waals surface area contributed by atoms with Crippen LogP contribution in [0.25, 0.3) is 0 Å². The van der Waals surface area contributed by atoms with Crippen molar-refractivity contribution in [3.63, 3.8) is 0 Å². The highest BCUT2D eigenvalue weighted by molar-refractivity contribution is 5.73. The minimum Gasteiger partial charge on any atom is -0.394 e. The Labute approximate surface area is 268 Å². The van der Waals surface area contributed by atoms with Crippen LogP contribution in [-0.2, 0) is 33.2 Å². The molecule has 1 amide bonds. The van der Waals surface area contributed by atoms with Crippen molar-refractivity contribution in [2.75, 3.05) is 26.4 Å². The predicted octanol–water partition coefficient (Wildman–Crippen LogP) is -8.94. The Morgan fingerprint density at radius 2 is 1.23 bits per heavy atom. The van der Waals surface area contributed by atoms with E-state index >= 15 is 0 Å². The summed E-state index contributed by atoms with van der Waals surface area (Å²) in [6, 6.07) is -1.53. The minimum absolute atomic E-state index is 0.737. The van der Waals surface area contributed by atoms with Gasteiger partial charge < -0.3 is 100 Å². The highest BCUT2D eigenvalue weighted by Gasteiger charge is 2.54. The zero-order valence-corrected chi connectivity index (χ0v) is 25.5. The summed E-state index contributed by atoms with van der Waals surface area (Å²) in [5.41, 5.74) is 0. The van der Waals surface area contributed by atoms with Crippen LogP contribution in [0.5, 0.6) is 0 Å². The van der Waals surface area contributed by atoms with Crippen molar-refractivity contribution in [1.29, 1.82) is 0 Å². The Kier molecular flexibility index (Phi) is 15.0. The van der Waals surface area contributed by atoms with E-state index in [1.165, 1.54) is 6.92 Å². The molecule has 0 spiro atoms. The molecule has 3 fully saturated rings. The van der Waals surface area contributed by atoms with Gasteiger partial charge in [0.2, 0.25) is 5.91 Å². The van der Waals surface area contributed by atoms with Crippen LogP contribution in [0.15, 0.2) is 0 Å². The molecule has 21 nitrogen and oxygen atoms in total. The van der Waals surface area contributed by atoms with Crippen LogP contribution < -0.4 is 5.32 Å². The topological polar surface area (TPSA) is 347 Å². The normalized spacial score (nSPS) is 43.9. The summed E-state index contributed by atoms with van der Waals surface area (Å²) < 4.78 is 33.7. The maximum atomic E-state index is 12.2. The number of carbonyl (C=O) groups is 1. The Hall–Kier alpha value is -1.29. The van der Waals surface area contributed by atoms with Gasteiger partial charge in [-0.1, -0.05) is 0 Å². The molecule has 0 unspecified atom stereocenters. The molecular formula is C26H47NO20. The monoisotopic (exact) mass is 693 g/mol. The number of ether oxygens (including phenoxy) is 6. The molecule has 14 N–H and O–H groups in total. The van der Waals surface area contributed by atoms with Gasteiger partial charge in [0.1, 0.15) is 91.5 Å². The van der Waals surface area contributed by atoms with Gasteiger partial charge in [0, 0.05) is 6.92 Å². The van der Waals surface area contributed by atoms with E-state index in [2.05, 4.69) is 5.32 Å². The minimum atomic E-state index is -2.04. The molecule has 276 valence electrons. The molecule has 3 saturated heterocycles. The van der Waals surface area contributed by atoms with E-state index in [1.807, 2.05) is 0 Å². The van der Waals surface area contributed by atoms with Crippen molar-refractivity contribution in [2.24, 2.45) is 0 Å². The summed E-state index contributed by atoms with van der Waals surface area (Å²) in [4.78, 5) is 12.2. The molecule has 0 radical (unpaired) electrons. The maximum Gasteiger partial charge on any atom is 0.217 e. The van der Waals surface area contributed by atoms with E-state index in [0.29, 0.717) is 0 Å². The average molecular weight is 694 g/mol. The zero-order valence-electron chi connectivity index (χ0n) is 25.5. The molecule has 0 aliphatic carbocycles. The van der Waals surface area contributed by atoms with Gasteiger partial charge in [0.15, 0.2) is 18.9 Å². The molecule has 3 rings (SSSR count). The number of amides is 1. The lowest BCUT2D eigenvalue weighted by Gasteiger charge is -2.49. The number of nitrogens with one attached hydrogen (secondary N) is 1. The zero-order chi connectivity index (χ0) is 35.3. The smallest absolute Gasteiger partial charge is 0.217 e. The largest absolute Gasteiger partial charge is 0.394 e. The Bertz CT molecular complexity index is 967. The molecule has 21 heteroatoms. The molecule has 19 atom stereocenters. The van der Waals surface area contributed by atoms with E-state index in [4.69, 9.17) is 33.5 Å². The fourth-order valence-corrected chi connectivity index (χ4v) is 5.36. The van der Waals surface area contributed by atoms with Crippen molar-refractivity contribution >= 4 is 5.91 Å². The van der Waals surface area contributed by atoms with Gasteiger partial charge in [-0.05, 0) is 6.92 Å². The van der Waals surface area contributed by atoms with Gasteiger partial charge >= 0.3 is 0 Å². The summed E-state index contributed by atoms with van der Waals surface area (Å²) in [7, 11) is 0. The molecule has 0 aromatic heterocycles. The van der Waals surface area contributed by atoms with E-state index in [9.17, 15) is 66.1 Å². The summed E-state index contributed by atoms with van der Waals surface area (Å²) >= 11 is 0. The fraction of sp³-hybridized carbons (Fsp3) is 0.962. The first kappa shape index (κ1) is 40.1. The van der Waals surface area contributed by atoms with Gasteiger partial charge in [-0.3, -0.25) is 4.79 Å². The number of hydrogen-bond donors (Lipinski definition) is 14. The molecule has 0 aromatic carbocycles. The first-order valence-corrected chi connectivity index (χ1v) is 14.9. The van der Waals surface area contributed by atoms with Crippen LogP contribution in [0.2, 0.25) is 0 Å². The highest BCUT2D eigenvalue weighted by atomic mass is 16.8. The fourth-order valence-electron chi connectivity index (χ4n) is 5.36.